The van der Waals surface area contributed by atoms with Gasteiger partial charge in [-0.15, -0.1) is 0 Å². The van der Waals surface area contributed by atoms with Crippen molar-refractivity contribution in [2.45, 2.75) is 6.54 Å². The summed E-state index contributed by atoms with van der Waals surface area (Å²) in [6.07, 6.45) is 5.42. The first-order chi connectivity index (χ1) is 9.86. The van der Waals surface area contributed by atoms with Crippen LogP contribution in [0.4, 0.5) is 5.82 Å². The van der Waals surface area contributed by atoms with E-state index in [2.05, 4.69) is 15.3 Å². The van der Waals surface area contributed by atoms with Gasteiger partial charge in [0, 0.05) is 30.5 Å². The van der Waals surface area contributed by atoms with E-state index >= 15 is 0 Å². The standard InChI is InChI=1S/C16H15N3O/c1-20-14-4-2-12(3-5-14)10-19-16-15-11-17-8-6-13(15)7-9-18-16/h2-9,11H,10H2,1H3,(H,18,19). The van der Waals surface area contributed by atoms with E-state index in [9.17, 15) is 0 Å². The summed E-state index contributed by atoms with van der Waals surface area (Å²) >= 11 is 0. The van der Waals surface area contributed by atoms with Crippen LogP contribution in [0.5, 0.6) is 5.75 Å². The summed E-state index contributed by atoms with van der Waals surface area (Å²) in [6, 6.07) is 11.9. The first kappa shape index (κ1) is 12.4. The molecular weight excluding hydrogens is 250 g/mol. The molecule has 0 bridgehead atoms. The van der Waals surface area contributed by atoms with E-state index in [4.69, 9.17) is 4.74 Å². The number of ether oxygens (including phenoxy) is 1. The predicted molar refractivity (Wildman–Crippen MR) is 79.9 cm³/mol. The Morgan fingerprint density at radius 2 is 1.85 bits per heavy atom. The molecule has 4 nitrogen and oxygen atoms in total. The molecule has 2 heterocycles. The van der Waals surface area contributed by atoms with Crippen LogP contribution in [0.15, 0.2) is 55.0 Å². The first-order valence-electron chi connectivity index (χ1n) is 6.42. The number of methoxy groups -OCH3 is 1. The van der Waals surface area contributed by atoms with Crippen molar-refractivity contribution in [3.8, 4) is 5.75 Å². The molecule has 1 aromatic carbocycles. The lowest BCUT2D eigenvalue weighted by molar-refractivity contribution is 0.414. The number of nitrogens with zero attached hydrogens (tertiary/aromatic N) is 2. The number of hydrogen-bond donors (Lipinski definition) is 1. The minimum absolute atomic E-state index is 0.713. The van der Waals surface area contributed by atoms with Crippen LogP contribution in [0.1, 0.15) is 5.56 Å². The lowest BCUT2D eigenvalue weighted by atomic mass is 10.2. The molecular formula is C16H15N3O. The minimum Gasteiger partial charge on any atom is -0.497 e. The fraction of sp³-hybridized carbons (Fsp3) is 0.125. The van der Waals surface area contributed by atoms with E-state index in [1.54, 1.807) is 19.5 Å². The second kappa shape index (κ2) is 5.57. The Hall–Kier alpha value is -2.62. The van der Waals surface area contributed by atoms with Crippen LogP contribution in [-0.4, -0.2) is 17.1 Å². The van der Waals surface area contributed by atoms with Crippen molar-refractivity contribution in [1.82, 2.24) is 9.97 Å². The fourth-order valence-corrected chi connectivity index (χ4v) is 2.08. The number of hydrogen-bond acceptors (Lipinski definition) is 4. The number of fused-ring (bicyclic) bond motifs is 1. The summed E-state index contributed by atoms with van der Waals surface area (Å²) in [6.45, 7) is 0.713. The van der Waals surface area contributed by atoms with Gasteiger partial charge in [-0.25, -0.2) is 4.98 Å². The summed E-state index contributed by atoms with van der Waals surface area (Å²) in [5.41, 5.74) is 1.17. The summed E-state index contributed by atoms with van der Waals surface area (Å²) in [5.74, 6) is 1.72. The maximum Gasteiger partial charge on any atom is 0.135 e. The second-order valence-electron chi connectivity index (χ2n) is 4.46. The van der Waals surface area contributed by atoms with Gasteiger partial charge in [0.15, 0.2) is 0 Å². The Balaban J connectivity index is 1.79. The van der Waals surface area contributed by atoms with E-state index in [1.807, 2.05) is 42.6 Å². The van der Waals surface area contributed by atoms with Gasteiger partial charge in [-0.2, -0.15) is 0 Å². The Kier molecular flexibility index (Phi) is 3.46. The molecule has 20 heavy (non-hydrogen) atoms. The van der Waals surface area contributed by atoms with Gasteiger partial charge in [0.25, 0.3) is 0 Å². The highest BCUT2D eigenvalue weighted by Gasteiger charge is 2.02. The van der Waals surface area contributed by atoms with E-state index in [0.717, 1.165) is 22.3 Å². The quantitative estimate of drug-likeness (QED) is 0.786. The van der Waals surface area contributed by atoms with Crippen LogP contribution in [-0.2, 0) is 6.54 Å². The average Bonchev–Trinajstić information content (AvgIpc) is 2.53. The van der Waals surface area contributed by atoms with Crippen LogP contribution in [0.25, 0.3) is 10.8 Å². The third kappa shape index (κ3) is 2.54. The third-order valence-electron chi connectivity index (χ3n) is 3.19. The number of nitrogens with one attached hydrogen (secondary N) is 1. The molecule has 2 aromatic heterocycles. The molecule has 0 aliphatic heterocycles. The molecule has 0 radical (unpaired) electrons. The molecule has 0 aliphatic carbocycles. The Bertz CT molecular complexity index is 705. The van der Waals surface area contributed by atoms with Gasteiger partial charge in [-0.1, -0.05) is 12.1 Å². The largest absolute Gasteiger partial charge is 0.497 e. The van der Waals surface area contributed by atoms with Crippen molar-refractivity contribution in [2.24, 2.45) is 0 Å². The molecule has 0 amide bonds. The Labute approximate surface area is 117 Å². The number of anilines is 1. The highest BCUT2D eigenvalue weighted by Crippen LogP contribution is 2.20. The van der Waals surface area contributed by atoms with Crippen molar-refractivity contribution in [2.75, 3.05) is 12.4 Å². The molecule has 0 spiro atoms. The highest BCUT2D eigenvalue weighted by molar-refractivity contribution is 5.90. The SMILES string of the molecule is COc1ccc(CNc2nccc3ccncc23)cc1. The molecule has 0 saturated carbocycles. The van der Waals surface area contributed by atoms with Crippen molar-refractivity contribution >= 4 is 16.6 Å². The zero-order chi connectivity index (χ0) is 13.8. The number of pyridine rings is 2. The molecule has 0 unspecified atom stereocenters. The summed E-state index contributed by atoms with van der Waals surface area (Å²) in [7, 11) is 1.67. The Morgan fingerprint density at radius 1 is 1.05 bits per heavy atom. The molecule has 3 rings (SSSR count). The van der Waals surface area contributed by atoms with Crippen molar-refractivity contribution < 1.29 is 4.74 Å². The third-order valence-corrected chi connectivity index (χ3v) is 3.19. The van der Waals surface area contributed by atoms with Gasteiger partial charge >= 0.3 is 0 Å². The zero-order valence-electron chi connectivity index (χ0n) is 11.2. The van der Waals surface area contributed by atoms with Gasteiger partial charge in [-0.3, -0.25) is 4.98 Å². The van der Waals surface area contributed by atoms with Gasteiger partial charge < -0.3 is 10.1 Å². The number of aromatic nitrogens is 2. The number of rotatable bonds is 4. The van der Waals surface area contributed by atoms with E-state index < -0.39 is 0 Å². The van der Waals surface area contributed by atoms with Gasteiger partial charge in [-0.05, 0) is 35.2 Å². The Morgan fingerprint density at radius 3 is 2.65 bits per heavy atom. The lowest BCUT2D eigenvalue weighted by Crippen LogP contribution is -2.02. The van der Waals surface area contributed by atoms with Crippen molar-refractivity contribution in [3.05, 3.63) is 60.6 Å². The molecule has 0 saturated heterocycles. The summed E-state index contributed by atoms with van der Waals surface area (Å²) in [5, 5.41) is 5.51. The number of benzene rings is 1. The molecule has 3 aromatic rings. The highest BCUT2D eigenvalue weighted by atomic mass is 16.5. The fourth-order valence-electron chi connectivity index (χ4n) is 2.08. The van der Waals surface area contributed by atoms with Crippen molar-refractivity contribution in [1.29, 1.82) is 0 Å². The maximum absolute atomic E-state index is 5.15. The van der Waals surface area contributed by atoms with Crippen LogP contribution in [0.2, 0.25) is 0 Å². The van der Waals surface area contributed by atoms with Crippen LogP contribution in [0.3, 0.4) is 0 Å². The zero-order valence-corrected chi connectivity index (χ0v) is 11.2. The smallest absolute Gasteiger partial charge is 0.135 e. The maximum atomic E-state index is 5.15. The molecule has 0 aliphatic rings. The van der Waals surface area contributed by atoms with Gasteiger partial charge in [0.1, 0.15) is 11.6 Å². The molecule has 4 heteroatoms. The normalized spacial score (nSPS) is 10.4. The van der Waals surface area contributed by atoms with E-state index in [-0.39, 0.29) is 0 Å². The molecule has 0 fully saturated rings. The molecule has 1 N–H and O–H groups in total. The minimum atomic E-state index is 0.713. The predicted octanol–water partition coefficient (Wildman–Crippen LogP) is 3.25. The lowest BCUT2D eigenvalue weighted by Gasteiger charge is -2.09. The van der Waals surface area contributed by atoms with Crippen molar-refractivity contribution in [3.63, 3.8) is 0 Å². The van der Waals surface area contributed by atoms with Gasteiger partial charge in [0.2, 0.25) is 0 Å². The second-order valence-corrected chi connectivity index (χ2v) is 4.46. The summed E-state index contributed by atoms with van der Waals surface area (Å²) in [4.78, 5) is 8.53. The van der Waals surface area contributed by atoms with Crippen LogP contribution < -0.4 is 10.1 Å². The van der Waals surface area contributed by atoms with E-state index in [1.165, 1.54) is 5.56 Å². The van der Waals surface area contributed by atoms with E-state index in [0.29, 0.717) is 6.54 Å². The van der Waals surface area contributed by atoms with Crippen LogP contribution in [0, 0.1) is 0 Å². The van der Waals surface area contributed by atoms with Crippen LogP contribution >= 0.6 is 0 Å². The average molecular weight is 265 g/mol. The molecule has 0 atom stereocenters. The topological polar surface area (TPSA) is 47.0 Å². The van der Waals surface area contributed by atoms with Gasteiger partial charge in [0.05, 0.1) is 7.11 Å². The summed E-state index contributed by atoms with van der Waals surface area (Å²) < 4.78 is 5.15. The first-order valence-corrected chi connectivity index (χ1v) is 6.42. The molecule has 100 valence electrons. The monoisotopic (exact) mass is 265 g/mol.